The molecule has 4 N–H and O–H groups in total. The molecule has 3 atom stereocenters. The minimum atomic E-state index is -0.899. The molecular weight excluding hydrogens is 923 g/mol. The van der Waals surface area contributed by atoms with Crippen LogP contribution in [0, 0.1) is 5.92 Å². The number of aryl methyl sites for hydroxylation is 1. The van der Waals surface area contributed by atoms with Gasteiger partial charge in [0.2, 0.25) is 0 Å². The third-order valence-corrected chi connectivity index (χ3v) is 11.8. The van der Waals surface area contributed by atoms with Crippen molar-refractivity contribution in [2.45, 2.75) is 71.6 Å². The summed E-state index contributed by atoms with van der Waals surface area (Å²) in [7, 11) is 1.63. The molecule has 2 unspecified atom stereocenters. The molecule has 0 saturated carbocycles. The van der Waals surface area contributed by atoms with Gasteiger partial charge in [0.15, 0.2) is 17.4 Å². The number of hydrogen-bond acceptors (Lipinski definition) is 8. The summed E-state index contributed by atoms with van der Waals surface area (Å²) in [6, 6.07) is 54.5. The molecule has 0 aliphatic carbocycles. The van der Waals surface area contributed by atoms with E-state index in [4.69, 9.17) is 29.6 Å². The number of nitrogens with zero attached hydrogens (tertiary/aromatic N) is 1. The molecule has 73 heavy (non-hydrogen) atoms. The number of ketones is 1. The molecule has 376 valence electrons. The zero-order valence-corrected chi connectivity index (χ0v) is 41.8. The molecule has 0 radical (unpaired) electrons. The van der Waals surface area contributed by atoms with Crippen LogP contribution >= 0.6 is 0 Å². The van der Waals surface area contributed by atoms with Crippen LogP contribution in [0.4, 0.5) is 0 Å². The van der Waals surface area contributed by atoms with Crippen LogP contribution in [-0.2, 0) is 32.0 Å². The predicted octanol–water partition coefficient (Wildman–Crippen LogP) is 13.2. The molecule has 0 aliphatic rings. The second kappa shape index (κ2) is 27.1. The van der Waals surface area contributed by atoms with E-state index in [0.29, 0.717) is 34.3 Å². The predicted molar refractivity (Wildman–Crippen MR) is 283 cm³/mol. The van der Waals surface area contributed by atoms with Gasteiger partial charge >= 0.3 is 23.9 Å². The lowest BCUT2D eigenvalue weighted by atomic mass is 9.96. The third kappa shape index (κ3) is 16.5. The van der Waals surface area contributed by atoms with E-state index in [9.17, 15) is 24.0 Å². The minimum absolute atomic E-state index is 0.00295. The van der Waals surface area contributed by atoms with Crippen molar-refractivity contribution < 1.29 is 53.6 Å². The summed E-state index contributed by atoms with van der Waals surface area (Å²) < 4.78 is 11.0. The van der Waals surface area contributed by atoms with Crippen molar-refractivity contribution >= 4 is 40.4 Å². The van der Waals surface area contributed by atoms with Gasteiger partial charge in [0.25, 0.3) is 0 Å². The second-order valence-corrected chi connectivity index (χ2v) is 17.7. The standard InChI is InChI=1S/C18H15NO3.C16H14O3.C14H14O3.C13H18O2/c20-16(21)12-11-15-19-17(13-7-3-1-4-8-13)18(22-15)14-9-5-2-6-10-14;1-11(16(18)19)13-8-5-9-14(10-13)15(17)12-6-3-2-4-7-12;1-9(14(15)16)10-3-4-12-8-13(17-2)6-5-11(12)7-10;1-9(2)8-11-4-6-12(7-5-11)10(3)13(14)15/h1-10H,11-12H2,(H,20,21);2-11H,1H3,(H,18,19);3-9H,1-2H3,(H,15,16);4-7,9-10H,8H2,1-3H3,(H,14,15)/t;;9-;/m..0./s1. The number of carbonyl (C=O) groups is 5. The molecule has 0 bridgehead atoms. The van der Waals surface area contributed by atoms with Crippen molar-refractivity contribution in [3.05, 3.63) is 215 Å². The Morgan fingerprint density at radius 1 is 0.521 bits per heavy atom. The molecule has 0 aliphatic heterocycles. The first-order chi connectivity index (χ1) is 34.9. The first-order valence-corrected chi connectivity index (χ1v) is 23.8. The largest absolute Gasteiger partial charge is 0.497 e. The molecule has 1 aromatic heterocycles. The van der Waals surface area contributed by atoms with Crippen molar-refractivity contribution in [3.8, 4) is 28.3 Å². The van der Waals surface area contributed by atoms with Gasteiger partial charge in [-0.25, -0.2) is 4.98 Å². The minimum Gasteiger partial charge on any atom is -0.497 e. The van der Waals surface area contributed by atoms with Crippen molar-refractivity contribution in [2.24, 2.45) is 5.92 Å². The fourth-order valence-corrected chi connectivity index (χ4v) is 7.45. The van der Waals surface area contributed by atoms with E-state index >= 15 is 0 Å². The number of fused-ring (bicyclic) bond motifs is 1. The molecule has 0 spiro atoms. The van der Waals surface area contributed by atoms with Gasteiger partial charge < -0.3 is 29.6 Å². The van der Waals surface area contributed by atoms with Crippen LogP contribution in [-0.4, -0.2) is 62.2 Å². The van der Waals surface area contributed by atoms with E-state index in [-0.39, 0.29) is 18.6 Å². The van der Waals surface area contributed by atoms with Crippen LogP contribution in [0.3, 0.4) is 0 Å². The highest BCUT2D eigenvalue weighted by atomic mass is 16.5. The number of ether oxygens (including phenoxy) is 1. The summed E-state index contributed by atoms with van der Waals surface area (Å²) in [5.41, 5.74) is 7.32. The smallest absolute Gasteiger partial charge is 0.310 e. The van der Waals surface area contributed by atoms with Crippen LogP contribution in [0.1, 0.15) is 103 Å². The monoisotopic (exact) mass is 983 g/mol. The van der Waals surface area contributed by atoms with Gasteiger partial charge in [-0.3, -0.25) is 24.0 Å². The molecule has 0 fully saturated rings. The maximum atomic E-state index is 12.2. The van der Waals surface area contributed by atoms with E-state index in [1.807, 2.05) is 127 Å². The van der Waals surface area contributed by atoms with Gasteiger partial charge in [-0.05, 0) is 84.3 Å². The Morgan fingerprint density at radius 2 is 1.01 bits per heavy atom. The summed E-state index contributed by atoms with van der Waals surface area (Å²) in [6.45, 7) is 9.35. The maximum Gasteiger partial charge on any atom is 0.310 e. The summed E-state index contributed by atoms with van der Waals surface area (Å²) in [5.74, 6) is -2.41. The molecule has 7 aromatic carbocycles. The number of rotatable bonds is 16. The van der Waals surface area contributed by atoms with Crippen molar-refractivity contribution in [1.82, 2.24) is 4.98 Å². The molecule has 12 nitrogen and oxygen atoms in total. The van der Waals surface area contributed by atoms with Crippen LogP contribution in [0.2, 0.25) is 0 Å². The third-order valence-electron chi connectivity index (χ3n) is 11.8. The lowest BCUT2D eigenvalue weighted by molar-refractivity contribution is -0.139. The van der Waals surface area contributed by atoms with E-state index in [0.717, 1.165) is 50.9 Å². The second-order valence-electron chi connectivity index (χ2n) is 17.7. The van der Waals surface area contributed by atoms with Crippen molar-refractivity contribution in [2.75, 3.05) is 7.11 Å². The number of aliphatic carboxylic acids is 4. The molecule has 8 rings (SSSR count). The summed E-state index contributed by atoms with van der Waals surface area (Å²) in [5, 5.41) is 37.7. The summed E-state index contributed by atoms with van der Waals surface area (Å²) >= 11 is 0. The quantitative estimate of drug-likeness (QED) is 0.0668. The first-order valence-electron chi connectivity index (χ1n) is 23.8. The Balaban J connectivity index is 0.000000182. The molecule has 1 heterocycles. The highest BCUT2D eigenvalue weighted by molar-refractivity contribution is 6.09. The molecule has 12 heteroatoms. The van der Waals surface area contributed by atoms with Gasteiger partial charge in [0, 0.05) is 28.7 Å². The lowest BCUT2D eigenvalue weighted by Crippen LogP contribution is -2.09. The highest BCUT2D eigenvalue weighted by Crippen LogP contribution is 2.33. The average Bonchev–Trinajstić information content (AvgIpc) is 3.85. The zero-order chi connectivity index (χ0) is 53.0. The van der Waals surface area contributed by atoms with Crippen LogP contribution < -0.4 is 4.74 Å². The number of carboxylic acid groups (broad SMARTS) is 4. The van der Waals surface area contributed by atoms with Gasteiger partial charge in [-0.15, -0.1) is 0 Å². The van der Waals surface area contributed by atoms with Crippen LogP contribution in [0.15, 0.2) is 180 Å². The van der Waals surface area contributed by atoms with E-state index in [1.165, 1.54) is 5.56 Å². The Labute approximate surface area is 425 Å². The number of carboxylic acids is 4. The number of oxazole rings is 1. The lowest BCUT2D eigenvalue weighted by Gasteiger charge is -2.09. The van der Waals surface area contributed by atoms with Crippen molar-refractivity contribution in [1.29, 1.82) is 0 Å². The zero-order valence-electron chi connectivity index (χ0n) is 41.8. The number of carbonyl (C=O) groups excluding carboxylic acids is 1. The first kappa shape index (κ1) is 55.3. The van der Waals surface area contributed by atoms with Crippen LogP contribution in [0.25, 0.3) is 33.4 Å². The van der Waals surface area contributed by atoms with E-state index < -0.39 is 41.6 Å². The molecular formula is C61H61NO11. The van der Waals surface area contributed by atoms with Gasteiger partial charge in [-0.1, -0.05) is 172 Å². The Kier molecular flexibility index (Phi) is 20.5. The van der Waals surface area contributed by atoms with Gasteiger partial charge in [0.05, 0.1) is 31.3 Å². The summed E-state index contributed by atoms with van der Waals surface area (Å²) in [4.78, 5) is 60.1. The highest BCUT2D eigenvalue weighted by Gasteiger charge is 2.19. The van der Waals surface area contributed by atoms with E-state index in [2.05, 4.69) is 18.8 Å². The van der Waals surface area contributed by atoms with E-state index in [1.54, 1.807) is 76.4 Å². The maximum absolute atomic E-state index is 12.2. The molecule has 8 aromatic rings. The SMILES string of the molecule is CC(C(=O)O)c1cccc(C(=O)c2ccccc2)c1.CC(C)Cc1ccc(C(C)C(=O)O)cc1.COc1ccc2cc([C@H](C)C(=O)O)ccc2c1.O=C(O)CCc1nc(-c2ccccc2)c(-c2ccccc2)o1. The Hall–Kier alpha value is -8.64. The van der Waals surface area contributed by atoms with Crippen molar-refractivity contribution in [3.63, 3.8) is 0 Å². The number of methoxy groups -OCH3 is 1. The normalized spacial score (nSPS) is 11.8. The molecule has 0 saturated heterocycles. The number of hydrogen-bond donors (Lipinski definition) is 4. The number of aromatic nitrogens is 1. The topological polar surface area (TPSA) is 202 Å². The average molecular weight is 984 g/mol. The fraction of sp³-hybridized carbons (Fsp3) is 0.213. The van der Waals surface area contributed by atoms with Gasteiger partial charge in [-0.2, -0.15) is 0 Å². The summed E-state index contributed by atoms with van der Waals surface area (Å²) in [6.07, 6.45) is 1.33. The Morgan fingerprint density at radius 3 is 1.56 bits per heavy atom. The molecule has 0 amide bonds. The fourth-order valence-electron chi connectivity index (χ4n) is 7.45. The number of benzene rings is 7. The van der Waals surface area contributed by atoms with Crippen LogP contribution in [0.5, 0.6) is 5.75 Å². The van der Waals surface area contributed by atoms with Gasteiger partial charge in [0.1, 0.15) is 11.4 Å². The Bertz CT molecular complexity index is 3020.